The maximum absolute atomic E-state index is 13.2. The molecule has 0 fully saturated rings. The predicted octanol–water partition coefficient (Wildman–Crippen LogP) is 3.54. The Labute approximate surface area is 165 Å². The quantitative estimate of drug-likeness (QED) is 0.580. The molecule has 0 saturated heterocycles. The lowest BCUT2D eigenvalue weighted by atomic mass is 10.1. The minimum absolute atomic E-state index is 0.0177. The Kier molecular flexibility index (Phi) is 4.87. The summed E-state index contributed by atoms with van der Waals surface area (Å²) in [6.45, 7) is 2.05. The summed E-state index contributed by atoms with van der Waals surface area (Å²) in [6, 6.07) is 14.4. The van der Waals surface area contributed by atoms with Gasteiger partial charge in [-0.1, -0.05) is 12.1 Å². The number of pyridine rings is 3. The Morgan fingerprint density at radius 1 is 1.07 bits per heavy atom. The lowest BCUT2D eigenvalue weighted by Crippen LogP contribution is -2.30. The van der Waals surface area contributed by atoms with Crippen molar-refractivity contribution in [1.82, 2.24) is 14.5 Å². The molecule has 1 aromatic carbocycles. The molecule has 0 unspecified atom stereocenters. The molecule has 3 heterocycles. The van der Waals surface area contributed by atoms with E-state index in [0.29, 0.717) is 16.9 Å². The molecule has 4 aromatic rings. The number of hydrogen-bond acceptors (Lipinski definition) is 4. The van der Waals surface area contributed by atoms with Crippen LogP contribution >= 0.6 is 0 Å². The molecular weight excluding hydrogens is 371 g/mol. The van der Waals surface area contributed by atoms with Gasteiger partial charge in [-0.25, -0.2) is 14.4 Å². The maximum atomic E-state index is 13.2. The van der Waals surface area contributed by atoms with Crippen molar-refractivity contribution in [3.63, 3.8) is 0 Å². The third-order valence-corrected chi connectivity index (χ3v) is 4.50. The zero-order valence-electron chi connectivity index (χ0n) is 15.6. The number of carbonyl (C=O) groups excluding carboxylic acids is 1. The molecule has 0 atom stereocenters. The van der Waals surface area contributed by atoms with Crippen LogP contribution in [0.15, 0.2) is 71.8 Å². The summed E-state index contributed by atoms with van der Waals surface area (Å²) in [5.74, 6) is -0.541. The van der Waals surface area contributed by atoms with Crippen LogP contribution < -0.4 is 10.9 Å². The van der Waals surface area contributed by atoms with Crippen molar-refractivity contribution < 1.29 is 9.18 Å². The van der Waals surface area contributed by atoms with Crippen molar-refractivity contribution in [3.05, 3.63) is 99.9 Å². The van der Waals surface area contributed by atoms with E-state index in [1.54, 1.807) is 42.7 Å². The van der Waals surface area contributed by atoms with Crippen LogP contribution in [0.5, 0.6) is 0 Å². The first-order valence-corrected chi connectivity index (χ1v) is 8.98. The standard InChI is InChI=1S/C22H17FN4O2/c1-14-8-10-24-19(11-14)26-21(28)18-12-16-3-2-9-25-20(16)27(22(18)29)13-15-4-6-17(23)7-5-15/h2-12H,13H2,1H3,(H,24,26,28). The van der Waals surface area contributed by atoms with E-state index in [9.17, 15) is 14.0 Å². The number of anilines is 1. The first kappa shape index (κ1) is 18.5. The van der Waals surface area contributed by atoms with E-state index in [1.165, 1.54) is 22.8 Å². The summed E-state index contributed by atoms with van der Waals surface area (Å²) in [6.07, 6.45) is 3.17. The molecule has 1 amide bonds. The Hall–Kier alpha value is -3.87. The Balaban J connectivity index is 1.78. The minimum Gasteiger partial charge on any atom is -0.306 e. The van der Waals surface area contributed by atoms with Gasteiger partial charge >= 0.3 is 0 Å². The van der Waals surface area contributed by atoms with Gasteiger partial charge in [0.2, 0.25) is 0 Å². The van der Waals surface area contributed by atoms with Gasteiger partial charge in [-0.3, -0.25) is 14.2 Å². The van der Waals surface area contributed by atoms with E-state index in [0.717, 1.165) is 11.1 Å². The third kappa shape index (κ3) is 3.89. The lowest BCUT2D eigenvalue weighted by Gasteiger charge is -2.12. The number of benzene rings is 1. The van der Waals surface area contributed by atoms with Crippen molar-refractivity contribution in [2.75, 3.05) is 5.32 Å². The summed E-state index contributed by atoms with van der Waals surface area (Å²) in [5, 5.41) is 3.32. The van der Waals surface area contributed by atoms with Gasteiger partial charge in [-0.05, 0) is 60.5 Å². The van der Waals surface area contributed by atoms with Gasteiger partial charge in [-0.15, -0.1) is 0 Å². The van der Waals surface area contributed by atoms with E-state index in [-0.39, 0.29) is 17.9 Å². The fourth-order valence-electron chi connectivity index (χ4n) is 3.08. The number of nitrogens with one attached hydrogen (secondary N) is 1. The van der Waals surface area contributed by atoms with Gasteiger partial charge in [0.05, 0.1) is 6.54 Å². The van der Waals surface area contributed by atoms with Crippen LogP contribution in [0.1, 0.15) is 21.5 Å². The molecule has 0 aliphatic heterocycles. The highest BCUT2D eigenvalue weighted by Gasteiger charge is 2.17. The molecule has 0 bridgehead atoms. The van der Waals surface area contributed by atoms with Crippen molar-refractivity contribution in [2.45, 2.75) is 13.5 Å². The van der Waals surface area contributed by atoms with Crippen LogP contribution in [0.4, 0.5) is 10.2 Å². The highest BCUT2D eigenvalue weighted by atomic mass is 19.1. The van der Waals surface area contributed by atoms with Gasteiger partial charge in [0, 0.05) is 17.8 Å². The van der Waals surface area contributed by atoms with Crippen LogP contribution in [0.2, 0.25) is 0 Å². The first-order valence-electron chi connectivity index (χ1n) is 8.98. The highest BCUT2D eigenvalue weighted by molar-refractivity contribution is 6.05. The molecule has 0 aliphatic carbocycles. The highest BCUT2D eigenvalue weighted by Crippen LogP contribution is 2.15. The largest absolute Gasteiger partial charge is 0.306 e. The number of fused-ring (bicyclic) bond motifs is 1. The summed E-state index contributed by atoms with van der Waals surface area (Å²) >= 11 is 0. The van der Waals surface area contributed by atoms with E-state index in [4.69, 9.17) is 0 Å². The average molecular weight is 388 g/mol. The Morgan fingerprint density at radius 2 is 1.86 bits per heavy atom. The van der Waals surface area contributed by atoms with Gasteiger partial charge < -0.3 is 5.32 Å². The number of amides is 1. The van der Waals surface area contributed by atoms with E-state index in [2.05, 4.69) is 15.3 Å². The third-order valence-electron chi connectivity index (χ3n) is 4.50. The van der Waals surface area contributed by atoms with E-state index >= 15 is 0 Å². The van der Waals surface area contributed by atoms with Crippen LogP contribution in [0, 0.1) is 12.7 Å². The van der Waals surface area contributed by atoms with Crippen LogP contribution in [-0.4, -0.2) is 20.4 Å². The Morgan fingerprint density at radius 3 is 2.62 bits per heavy atom. The van der Waals surface area contributed by atoms with Crippen LogP contribution in [0.3, 0.4) is 0 Å². The second-order valence-corrected chi connectivity index (χ2v) is 6.66. The van der Waals surface area contributed by atoms with Gasteiger partial charge in [0.1, 0.15) is 22.8 Å². The molecule has 29 heavy (non-hydrogen) atoms. The molecule has 3 aromatic heterocycles. The second kappa shape index (κ2) is 7.63. The number of aryl methyl sites for hydroxylation is 1. The molecule has 0 aliphatic rings. The number of halogens is 1. The average Bonchev–Trinajstić information content (AvgIpc) is 2.71. The maximum Gasteiger partial charge on any atom is 0.265 e. The number of nitrogens with zero attached hydrogens (tertiary/aromatic N) is 3. The molecule has 7 heteroatoms. The SMILES string of the molecule is Cc1ccnc(NC(=O)c2cc3cccnc3n(Cc3ccc(F)cc3)c2=O)c1. The zero-order valence-corrected chi connectivity index (χ0v) is 15.6. The van der Waals surface area contributed by atoms with Gasteiger partial charge in [0.15, 0.2) is 0 Å². The van der Waals surface area contributed by atoms with Gasteiger partial charge in [0.25, 0.3) is 11.5 Å². The second-order valence-electron chi connectivity index (χ2n) is 6.66. The Bertz CT molecular complexity index is 1270. The first-order chi connectivity index (χ1) is 14.0. The van der Waals surface area contributed by atoms with Crippen LogP contribution in [-0.2, 0) is 6.54 Å². The smallest absolute Gasteiger partial charge is 0.265 e. The van der Waals surface area contributed by atoms with Crippen molar-refractivity contribution in [1.29, 1.82) is 0 Å². The molecule has 0 radical (unpaired) electrons. The van der Waals surface area contributed by atoms with E-state index in [1.807, 2.05) is 13.0 Å². The zero-order chi connectivity index (χ0) is 20.4. The molecule has 1 N–H and O–H groups in total. The molecule has 144 valence electrons. The topological polar surface area (TPSA) is 76.9 Å². The summed E-state index contributed by atoms with van der Waals surface area (Å²) in [4.78, 5) is 34.3. The number of rotatable bonds is 4. The monoisotopic (exact) mass is 388 g/mol. The summed E-state index contributed by atoms with van der Waals surface area (Å²) in [5.41, 5.74) is 1.61. The normalized spacial score (nSPS) is 10.8. The number of carbonyl (C=O) groups is 1. The number of hydrogen-bond donors (Lipinski definition) is 1. The molecule has 0 spiro atoms. The van der Waals surface area contributed by atoms with Gasteiger partial charge in [-0.2, -0.15) is 0 Å². The summed E-state index contributed by atoms with van der Waals surface area (Å²) in [7, 11) is 0. The minimum atomic E-state index is -0.549. The molecular formula is C22H17FN4O2. The fourth-order valence-corrected chi connectivity index (χ4v) is 3.08. The predicted molar refractivity (Wildman–Crippen MR) is 108 cm³/mol. The van der Waals surface area contributed by atoms with E-state index < -0.39 is 11.5 Å². The molecule has 4 rings (SSSR count). The lowest BCUT2D eigenvalue weighted by molar-refractivity contribution is 0.102. The van der Waals surface area contributed by atoms with Crippen LogP contribution in [0.25, 0.3) is 11.0 Å². The molecule has 6 nitrogen and oxygen atoms in total. The molecule has 0 saturated carbocycles. The number of aromatic nitrogens is 3. The van der Waals surface area contributed by atoms with Crippen molar-refractivity contribution >= 4 is 22.8 Å². The van der Waals surface area contributed by atoms with Crippen molar-refractivity contribution in [2.24, 2.45) is 0 Å². The fraction of sp³-hybridized carbons (Fsp3) is 0.0909. The summed E-state index contributed by atoms with van der Waals surface area (Å²) < 4.78 is 14.6. The van der Waals surface area contributed by atoms with Crippen molar-refractivity contribution in [3.8, 4) is 0 Å².